The number of nitrogens with one attached hydrogen (secondary N) is 11. The van der Waals surface area contributed by atoms with Crippen molar-refractivity contribution in [3.63, 3.8) is 0 Å². The largest absolute Gasteiger partial charge is 0.394 e. The quantitative estimate of drug-likeness (QED) is 0.0169. The number of hydrogen-bond donors (Lipinski definition) is 23. The van der Waals surface area contributed by atoms with Gasteiger partial charge in [0.05, 0.1) is 67.6 Å². The molecule has 34 heteroatoms. The van der Waals surface area contributed by atoms with Crippen LogP contribution in [0.5, 0.6) is 0 Å². The van der Waals surface area contributed by atoms with Gasteiger partial charge in [-0.05, 0) is 94.6 Å². The number of imidazole rings is 2. The van der Waals surface area contributed by atoms with Crippen LogP contribution >= 0.6 is 25.3 Å². The van der Waals surface area contributed by atoms with Crippen molar-refractivity contribution in [2.45, 2.75) is 279 Å². The van der Waals surface area contributed by atoms with Gasteiger partial charge in [0.2, 0.25) is 53.2 Å². The van der Waals surface area contributed by atoms with E-state index in [-0.39, 0.29) is 77.8 Å². The van der Waals surface area contributed by atoms with E-state index in [0.717, 1.165) is 177 Å². The topological polar surface area (TPSA) is 574 Å². The minimum atomic E-state index is -0.771. The lowest BCUT2D eigenvalue weighted by molar-refractivity contribution is -0.124. The predicted molar refractivity (Wildman–Crippen MR) is 483 cm³/mol. The Bertz CT molecular complexity index is 2800. The summed E-state index contributed by atoms with van der Waals surface area (Å²) >= 11 is 7.83. The Morgan fingerprint density at radius 1 is 0.359 bits per heavy atom. The first kappa shape index (κ1) is 118. The van der Waals surface area contributed by atoms with Crippen LogP contribution in [-0.4, -0.2) is 210 Å². The first-order valence-corrected chi connectivity index (χ1v) is 43.3. The van der Waals surface area contributed by atoms with Gasteiger partial charge in [-0.3, -0.25) is 43.2 Å². The fourth-order valence-electron chi connectivity index (χ4n) is 8.62. The van der Waals surface area contributed by atoms with Gasteiger partial charge in [0.25, 0.3) is 0 Å². The van der Waals surface area contributed by atoms with E-state index in [1.165, 1.54) is 0 Å². The Morgan fingerprint density at radius 2 is 0.615 bits per heavy atom. The molecule has 0 fully saturated rings. The van der Waals surface area contributed by atoms with Crippen LogP contribution in [0.1, 0.15) is 221 Å². The second-order valence-corrected chi connectivity index (χ2v) is 28.8. The first-order chi connectivity index (χ1) is 55.9. The van der Waals surface area contributed by atoms with Gasteiger partial charge in [-0.2, -0.15) is 25.3 Å². The molecule has 0 aliphatic heterocycles. The molecule has 0 spiro atoms. The molecule has 0 saturated heterocycles. The third-order valence-corrected chi connectivity index (χ3v) is 17.2. The Kier molecular flexibility index (Phi) is 84.1. The minimum Gasteiger partial charge on any atom is -0.394 e. The summed E-state index contributed by atoms with van der Waals surface area (Å²) in [5.41, 5.74) is 54.1. The molecule has 2 aromatic heterocycles. The van der Waals surface area contributed by atoms with Crippen LogP contribution in [0.2, 0.25) is 0 Å². The van der Waals surface area contributed by atoms with Gasteiger partial charge in [-0.1, -0.05) is 195 Å². The van der Waals surface area contributed by atoms with Crippen molar-refractivity contribution < 1.29 is 48.3 Å². The fraction of sp³-hybridized carbons (Fsp3) is 0.675. The third kappa shape index (κ3) is 73.3. The van der Waals surface area contributed by atoms with Crippen LogP contribution in [0.3, 0.4) is 0 Å². The average Bonchev–Trinajstić information content (AvgIpc) is 1.79. The lowest BCUT2D eigenvalue weighted by Gasteiger charge is -2.14. The van der Waals surface area contributed by atoms with Crippen LogP contribution in [0.4, 0.5) is 0 Å². The lowest BCUT2D eigenvalue weighted by Crippen LogP contribution is -2.44. The number of benzene rings is 2. The van der Waals surface area contributed by atoms with Crippen molar-refractivity contribution in [2.24, 2.45) is 57.5 Å². The normalized spacial score (nSPS) is 12.5. The van der Waals surface area contributed by atoms with Crippen LogP contribution in [0, 0.1) is 5.92 Å². The highest BCUT2D eigenvalue weighted by Gasteiger charge is 2.19. The molecule has 674 valence electrons. The predicted octanol–water partition coefficient (Wildman–Crippen LogP) is 4.01. The Morgan fingerprint density at radius 3 is 0.897 bits per heavy atom. The van der Waals surface area contributed by atoms with Crippen LogP contribution in [0.15, 0.2) is 85.7 Å². The lowest BCUT2D eigenvalue weighted by atomic mass is 10.1. The maximum atomic E-state index is 11.6. The van der Waals surface area contributed by atoms with Crippen molar-refractivity contribution in [3.8, 4) is 0 Å². The maximum Gasteiger partial charge on any atom is 0.239 e. The summed E-state index contributed by atoms with van der Waals surface area (Å²) in [6.07, 6.45) is 27.4. The number of rotatable bonds is 48. The van der Waals surface area contributed by atoms with Crippen molar-refractivity contribution in [3.05, 3.63) is 108 Å². The van der Waals surface area contributed by atoms with Gasteiger partial charge in [-0.25, -0.2) is 9.97 Å². The molecule has 30 N–H and O–H groups in total. The smallest absolute Gasteiger partial charge is 0.239 e. The summed E-state index contributed by atoms with van der Waals surface area (Å²) in [5.74, 6) is 0.128. The van der Waals surface area contributed by atoms with E-state index in [1.807, 2.05) is 81.4 Å². The molecule has 0 bridgehead atoms. The summed E-state index contributed by atoms with van der Waals surface area (Å²) < 4.78 is 0. The number of aliphatic hydroxyl groups is 1. The van der Waals surface area contributed by atoms with Gasteiger partial charge in [0.1, 0.15) is 6.04 Å². The molecule has 2 aromatic carbocycles. The number of carbonyl (C=O) groups is 9. The number of aromatic nitrogens is 4. The molecule has 4 rings (SSSR count). The number of thiol groups is 2. The maximum absolute atomic E-state index is 11.6. The number of H-pyrrole nitrogens is 2. The Hall–Kier alpha value is -7.61. The monoisotopic (exact) mass is 1700 g/mol. The molecule has 9 atom stereocenters. The summed E-state index contributed by atoms with van der Waals surface area (Å²) in [6.45, 7) is 30.4. The first-order valence-electron chi connectivity index (χ1n) is 42.0. The molecular formula is C83H160N22O10S2. The summed E-state index contributed by atoms with van der Waals surface area (Å²) in [4.78, 5) is 114. The van der Waals surface area contributed by atoms with Crippen molar-refractivity contribution in [1.82, 2.24) is 67.8 Å². The van der Waals surface area contributed by atoms with Crippen molar-refractivity contribution in [1.29, 1.82) is 0 Å². The van der Waals surface area contributed by atoms with Gasteiger partial charge in [-0.15, -0.1) is 0 Å². The molecule has 2 heterocycles. The zero-order chi connectivity index (χ0) is 89.4. The van der Waals surface area contributed by atoms with Gasteiger partial charge in [0, 0.05) is 107 Å². The van der Waals surface area contributed by atoms with Crippen LogP contribution < -0.4 is 99.5 Å². The van der Waals surface area contributed by atoms with Gasteiger partial charge in [0.15, 0.2) is 0 Å². The number of nitrogens with two attached hydrogens (primary N) is 9. The average molecular weight is 1700 g/mol. The van der Waals surface area contributed by atoms with E-state index in [9.17, 15) is 43.2 Å². The van der Waals surface area contributed by atoms with E-state index in [0.29, 0.717) is 56.8 Å². The molecule has 0 saturated carbocycles. The Labute approximate surface area is 712 Å². The number of unbranched alkanes of at least 4 members (excludes halogenated alkanes) is 9. The molecule has 9 amide bonds. The second-order valence-electron chi connectivity index (χ2n) is 28.1. The highest BCUT2D eigenvalue weighted by molar-refractivity contribution is 7.80. The molecule has 4 aromatic rings. The summed E-state index contributed by atoms with van der Waals surface area (Å²) in [7, 11) is 0. The number of aromatic amines is 2. The molecule has 117 heavy (non-hydrogen) atoms. The standard InChI is InChI=1S/2C13H20N2O.2C10H18N4O.C9H20N2O.C7H16N2O2.2C7H16N2OS.C7H16N2O/c2*1-2-3-9-15-13(16)12(14)10-11-7-5-4-6-8-11;2*1-2-3-4-13-10(15)9(11)5-8-6-12-7-14-8;1-4-5-6-11-9(12)8(10)7(2)3;1-2-3-4-9-7(11)6(8)5-10;2*1-2-3-4-9-7(10)6(8)5-11;1-3-4-5-9-7(10)6(2)8/h2*4-8,12H,2-3,9-10,14H2,1H3,(H,15,16);2*6-7,9H,2-5,11H2,1H3,(H,12,14)(H,13,15);7-8H,4-6,10H2,1-3H3,(H,11,12);6,10H,2-5,8H2,1H3,(H,9,11);2*6,11H,2-5,8H2,1H3,(H,9,10);6H,3-5,8H2,1-2H3,(H,9,10)/t2*12-;2*9-;8-;4*6-/m000000000/s1/i16+1;13+1;15+1;10+1;9+1;7+1;10+1;2*7+1. The molecular weight excluding hydrogens is 1540 g/mol. The van der Waals surface area contributed by atoms with Crippen molar-refractivity contribution >= 4 is 78.4 Å². The third-order valence-electron chi connectivity index (χ3n) is 16.4. The molecule has 0 aliphatic carbocycles. The zero-order valence-corrected chi connectivity index (χ0v) is 74.8. The van der Waals surface area contributed by atoms with E-state index in [1.54, 1.807) is 32.0 Å². The van der Waals surface area contributed by atoms with E-state index in [4.69, 9.17) is 56.7 Å². The number of amides is 9. The van der Waals surface area contributed by atoms with Gasteiger partial charge < -0.3 is 115 Å². The Balaban J connectivity index is -0.000000404. The number of carbonyl (C=O) groups excluding carboxylic acids is 9. The van der Waals surface area contributed by atoms with Gasteiger partial charge >= 0.3 is 0 Å². The molecule has 0 unspecified atom stereocenters. The van der Waals surface area contributed by atoms with Crippen LogP contribution in [0.25, 0.3) is 0 Å². The molecule has 0 aliphatic rings. The van der Waals surface area contributed by atoms with E-state index >= 15 is 0 Å². The minimum absolute atomic E-state index is 0.0292. The number of hydrogen-bond acceptors (Lipinski definition) is 23. The number of nitrogens with zero attached hydrogens (tertiary/aromatic N) is 2. The SMILES string of the molecule is CCCCNC(=[17O])[C@@H](N)CS.CCCCNC(=[17O])[C@@H](N)Cc1ccccc1.CCCCNC(=[17O])[C@@H](N)Cc1cnc[nH]1.CCCCN[13C](=O)[C@@H](N)C(C)C.CCCCN[13C](=O)[C@@H](N)CO.CCCCN[13C](=O)[C@@H](N)CS.CCCCN[13C](=O)[C@@H](N)Cc1ccccc1.CCCCN[13C](=O)[C@@H](N)Cc1cnc[nH]1.CCCCN[13C](=O)[C@H](C)N. The van der Waals surface area contributed by atoms with Crippen LogP contribution in [-0.2, 0) is 68.8 Å². The van der Waals surface area contributed by atoms with E-state index < -0.39 is 42.3 Å². The summed E-state index contributed by atoms with van der Waals surface area (Å²) in [6, 6.07) is 15.4. The fourth-order valence-corrected chi connectivity index (χ4v) is 8.95. The second kappa shape index (κ2) is 83.4. The molecule has 0 radical (unpaired) electrons. The summed E-state index contributed by atoms with van der Waals surface area (Å²) in [5, 5.41) is 33.3. The molecule has 32 nitrogen and oxygen atoms in total. The van der Waals surface area contributed by atoms with Crippen molar-refractivity contribution in [2.75, 3.05) is 77.0 Å². The number of aliphatic hydroxyl groups excluding tert-OH is 1. The highest BCUT2D eigenvalue weighted by atomic mass is 32.1. The van der Waals surface area contributed by atoms with E-state index in [2.05, 4.69) is 148 Å². The zero-order valence-electron chi connectivity index (χ0n) is 73.0. The highest BCUT2D eigenvalue weighted by Crippen LogP contribution is 2.05.